The lowest BCUT2D eigenvalue weighted by Crippen LogP contribution is -2.35. The van der Waals surface area contributed by atoms with E-state index >= 15 is 0 Å². The van der Waals surface area contributed by atoms with Gasteiger partial charge in [0.1, 0.15) is 18.3 Å². The first-order valence-corrected chi connectivity index (χ1v) is 5.97. The van der Waals surface area contributed by atoms with E-state index in [2.05, 4.69) is 15.0 Å². The fourth-order valence-corrected chi connectivity index (χ4v) is 2.28. The summed E-state index contributed by atoms with van der Waals surface area (Å²) >= 11 is 0. The Morgan fingerprint density at radius 3 is 2.85 bits per heavy atom. The molecule has 0 saturated carbocycles. The van der Waals surface area contributed by atoms with Gasteiger partial charge in [-0.1, -0.05) is 0 Å². The quantitative estimate of drug-likeness (QED) is 0.396. The number of imidazole rings is 1. The summed E-state index contributed by atoms with van der Waals surface area (Å²) in [5.41, 5.74) is 10.7. The Kier molecular flexibility index (Phi) is 2.94. The third-order valence-corrected chi connectivity index (χ3v) is 3.29. The lowest BCUT2D eigenvalue weighted by Gasteiger charge is -2.16. The van der Waals surface area contributed by atoms with Crippen molar-refractivity contribution in [3.8, 4) is 0 Å². The number of nitrogens with two attached hydrogens (primary N) is 2. The van der Waals surface area contributed by atoms with Crippen molar-refractivity contribution in [1.29, 1.82) is 0 Å². The SMILES string of the molecule is NC[C@@H]1O[C@H](n2cnc3c(=O)[nH]c(N)nc32)[C@H](O)[C@@H]1O. The van der Waals surface area contributed by atoms with Crippen molar-refractivity contribution >= 4 is 17.1 Å². The third kappa shape index (κ3) is 1.78. The minimum absolute atomic E-state index is 0.0531. The maximum Gasteiger partial charge on any atom is 0.280 e. The molecule has 0 radical (unpaired) electrons. The molecule has 2 aromatic rings. The summed E-state index contributed by atoms with van der Waals surface area (Å²) in [6.07, 6.45) is -2.67. The maximum absolute atomic E-state index is 11.7. The number of hydrogen-bond acceptors (Lipinski definition) is 8. The predicted octanol–water partition coefficient (Wildman–Crippen LogP) is -2.72. The molecule has 0 unspecified atom stereocenters. The summed E-state index contributed by atoms with van der Waals surface area (Å²) in [7, 11) is 0. The van der Waals surface area contributed by atoms with Crippen LogP contribution in [0.15, 0.2) is 11.1 Å². The number of aromatic nitrogens is 4. The Morgan fingerprint density at radius 2 is 2.20 bits per heavy atom. The van der Waals surface area contributed by atoms with Gasteiger partial charge in [0.05, 0.1) is 6.33 Å². The lowest BCUT2D eigenvalue weighted by atomic mass is 10.1. The molecule has 2 aromatic heterocycles. The molecule has 108 valence electrons. The zero-order valence-electron chi connectivity index (χ0n) is 10.3. The molecule has 3 heterocycles. The number of nitrogens with one attached hydrogen (secondary N) is 1. The van der Waals surface area contributed by atoms with Crippen LogP contribution >= 0.6 is 0 Å². The molecular formula is C10H14N6O4. The van der Waals surface area contributed by atoms with Gasteiger partial charge in [-0.2, -0.15) is 4.98 Å². The molecular weight excluding hydrogens is 268 g/mol. The molecule has 0 amide bonds. The number of H-pyrrole nitrogens is 1. The van der Waals surface area contributed by atoms with Crippen LogP contribution in [-0.4, -0.2) is 54.6 Å². The van der Waals surface area contributed by atoms with Crippen molar-refractivity contribution in [2.45, 2.75) is 24.5 Å². The highest BCUT2D eigenvalue weighted by atomic mass is 16.6. The van der Waals surface area contributed by atoms with Gasteiger partial charge < -0.3 is 26.4 Å². The smallest absolute Gasteiger partial charge is 0.280 e. The number of ether oxygens (including phenoxy) is 1. The first-order valence-electron chi connectivity index (χ1n) is 5.97. The average molecular weight is 282 g/mol. The van der Waals surface area contributed by atoms with Crippen LogP contribution in [0.2, 0.25) is 0 Å². The van der Waals surface area contributed by atoms with Crippen molar-refractivity contribution in [3.05, 3.63) is 16.7 Å². The van der Waals surface area contributed by atoms with E-state index in [0.29, 0.717) is 0 Å². The van der Waals surface area contributed by atoms with Gasteiger partial charge in [0.2, 0.25) is 5.95 Å². The Labute approximate surface area is 112 Å². The van der Waals surface area contributed by atoms with E-state index in [9.17, 15) is 15.0 Å². The number of aliphatic hydroxyl groups is 2. The number of fused-ring (bicyclic) bond motifs is 1. The average Bonchev–Trinajstić information content (AvgIpc) is 2.93. The van der Waals surface area contributed by atoms with Gasteiger partial charge in [0.25, 0.3) is 5.56 Å². The molecule has 1 aliphatic rings. The first-order chi connectivity index (χ1) is 9.52. The van der Waals surface area contributed by atoms with Gasteiger partial charge in [0.15, 0.2) is 17.4 Å². The van der Waals surface area contributed by atoms with E-state index in [4.69, 9.17) is 16.2 Å². The fourth-order valence-electron chi connectivity index (χ4n) is 2.28. The number of nitrogens with zero attached hydrogens (tertiary/aromatic N) is 3. The van der Waals surface area contributed by atoms with E-state index in [-0.39, 0.29) is 23.7 Å². The van der Waals surface area contributed by atoms with Crippen molar-refractivity contribution in [1.82, 2.24) is 19.5 Å². The highest BCUT2D eigenvalue weighted by Gasteiger charge is 2.43. The summed E-state index contributed by atoms with van der Waals surface area (Å²) in [6, 6.07) is 0. The second kappa shape index (κ2) is 4.52. The molecule has 1 aliphatic heterocycles. The van der Waals surface area contributed by atoms with Crippen LogP contribution in [-0.2, 0) is 4.74 Å². The van der Waals surface area contributed by atoms with Crippen molar-refractivity contribution in [2.24, 2.45) is 5.73 Å². The summed E-state index contributed by atoms with van der Waals surface area (Å²) in [6.45, 7) is 0.0531. The minimum Gasteiger partial charge on any atom is -0.387 e. The molecule has 10 heteroatoms. The molecule has 0 aromatic carbocycles. The number of anilines is 1. The van der Waals surface area contributed by atoms with Gasteiger partial charge in [-0.3, -0.25) is 14.3 Å². The molecule has 7 N–H and O–H groups in total. The molecule has 0 aliphatic carbocycles. The number of aromatic amines is 1. The zero-order valence-corrected chi connectivity index (χ0v) is 10.3. The predicted molar refractivity (Wildman–Crippen MR) is 67.5 cm³/mol. The van der Waals surface area contributed by atoms with E-state index in [1.165, 1.54) is 10.9 Å². The number of rotatable bonds is 2. The largest absolute Gasteiger partial charge is 0.387 e. The van der Waals surface area contributed by atoms with Crippen LogP contribution in [0.1, 0.15) is 6.23 Å². The number of aliphatic hydroxyl groups excluding tert-OH is 2. The van der Waals surface area contributed by atoms with Gasteiger partial charge in [-0.15, -0.1) is 0 Å². The number of nitrogen functional groups attached to an aromatic ring is 1. The fraction of sp³-hybridized carbons (Fsp3) is 0.500. The minimum atomic E-state index is -1.21. The lowest BCUT2D eigenvalue weighted by molar-refractivity contribution is -0.0321. The van der Waals surface area contributed by atoms with Crippen LogP contribution in [0.4, 0.5) is 5.95 Å². The maximum atomic E-state index is 11.7. The molecule has 0 bridgehead atoms. The molecule has 1 saturated heterocycles. The first kappa shape index (κ1) is 13.0. The standard InChI is InChI=1S/C10H14N6O4/c11-1-3-5(17)6(18)9(20-3)16-2-13-4-7(16)14-10(12)15-8(4)19/h2-3,5-6,9,17-18H,1,11H2,(H3,12,14,15,19)/t3-,5+,6+,9-/m0/s1. The van der Waals surface area contributed by atoms with Gasteiger partial charge in [-0.05, 0) is 0 Å². The van der Waals surface area contributed by atoms with Crippen LogP contribution < -0.4 is 17.0 Å². The Balaban J connectivity index is 2.09. The van der Waals surface area contributed by atoms with E-state index in [1.807, 2.05) is 0 Å². The van der Waals surface area contributed by atoms with Crippen LogP contribution in [0.5, 0.6) is 0 Å². The Hall–Kier alpha value is -2.01. The molecule has 20 heavy (non-hydrogen) atoms. The monoisotopic (exact) mass is 282 g/mol. The normalized spacial score (nSPS) is 30.1. The number of hydrogen-bond donors (Lipinski definition) is 5. The summed E-state index contributed by atoms with van der Waals surface area (Å²) < 4.78 is 6.82. The second-order valence-corrected chi connectivity index (χ2v) is 4.56. The Bertz CT molecular complexity index is 697. The van der Waals surface area contributed by atoms with Crippen molar-refractivity contribution < 1.29 is 14.9 Å². The van der Waals surface area contributed by atoms with Gasteiger partial charge in [-0.25, -0.2) is 4.98 Å². The van der Waals surface area contributed by atoms with Gasteiger partial charge >= 0.3 is 0 Å². The highest BCUT2D eigenvalue weighted by Crippen LogP contribution is 2.30. The van der Waals surface area contributed by atoms with E-state index in [1.54, 1.807) is 0 Å². The van der Waals surface area contributed by atoms with E-state index < -0.39 is 30.1 Å². The Morgan fingerprint density at radius 1 is 1.45 bits per heavy atom. The van der Waals surface area contributed by atoms with Crippen molar-refractivity contribution in [3.63, 3.8) is 0 Å². The molecule has 3 rings (SSSR count). The van der Waals surface area contributed by atoms with E-state index in [0.717, 1.165) is 0 Å². The van der Waals surface area contributed by atoms with Crippen LogP contribution in [0, 0.1) is 0 Å². The zero-order chi connectivity index (χ0) is 14.4. The second-order valence-electron chi connectivity index (χ2n) is 4.56. The van der Waals surface area contributed by atoms with Crippen LogP contribution in [0.3, 0.4) is 0 Å². The molecule has 1 fully saturated rings. The summed E-state index contributed by atoms with van der Waals surface area (Å²) in [5.74, 6) is -0.0762. The summed E-state index contributed by atoms with van der Waals surface area (Å²) in [4.78, 5) is 21.9. The van der Waals surface area contributed by atoms with Crippen molar-refractivity contribution in [2.75, 3.05) is 12.3 Å². The molecule has 10 nitrogen and oxygen atoms in total. The molecule has 0 spiro atoms. The topological polar surface area (TPSA) is 165 Å². The third-order valence-electron chi connectivity index (χ3n) is 3.29. The highest BCUT2D eigenvalue weighted by molar-refractivity contribution is 5.70. The van der Waals surface area contributed by atoms with Gasteiger partial charge in [0, 0.05) is 6.54 Å². The van der Waals surface area contributed by atoms with Crippen LogP contribution in [0.25, 0.3) is 11.2 Å². The molecule has 4 atom stereocenters. The summed E-state index contributed by atoms with van der Waals surface area (Å²) in [5, 5.41) is 19.8.